The van der Waals surface area contributed by atoms with Gasteiger partial charge in [-0.3, -0.25) is 4.99 Å². The number of aliphatic imine (C=N–C) groups is 1. The van der Waals surface area contributed by atoms with Gasteiger partial charge in [-0.05, 0) is 43.7 Å². The molecule has 1 aromatic rings. The Labute approximate surface area is 174 Å². The highest BCUT2D eigenvalue weighted by Gasteiger charge is 2.30. The van der Waals surface area contributed by atoms with E-state index >= 15 is 0 Å². The van der Waals surface area contributed by atoms with Gasteiger partial charge in [0.05, 0.1) is 12.1 Å². The fraction of sp³-hybridized carbons (Fsp3) is 0.500. The van der Waals surface area contributed by atoms with Crippen molar-refractivity contribution < 1.29 is 13.2 Å². The number of alkyl halides is 3. The number of nitrogens with one attached hydrogen (secondary N) is 2. The van der Waals surface area contributed by atoms with Crippen molar-refractivity contribution in [3.8, 4) is 11.8 Å². The number of hydrogen-bond donors (Lipinski definition) is 2. The van der Waals surface area contributed by atoms with Crippen molar-refractivity contribution in [2.45, 2.75) is 30.7 Å². The van der Waals surface area contributed by atoms with Gasteiger partial charge in [0.15, 0.2) is 5.96 Å². The van der Waals surface area contributed by atoms with E-state index in [0.717, 1.165) is 18.7 Å². The lowest BCUT2D eigenvalue weighted by Gasteiger charge is -2.24. The molecule has 0 bridgehead atoms. The Hall–Kier alpha value is -1.08. The first-order chi connectivity index (χ1) is 11.8. The summed E-state index contributed by atoms with van der Waals surface area (Å²) in [6.45, 7) is 3.36. The third-order valence-corrected chi connectivity index (χ3v) is 5.46. The number of thioether (sulfide) groups is 1. The predicted molar refractivity (Wildman–Crippen MR) is 113 cm³/mol. The average Bonchev–Trinajstić information content (AvgIpc) is 3.01. The molecule has 1 atom stereocenters. The van der Waals surface area contributed by atoms with Crippen LogP contribution in [0.3, 0.4) is 0 Å². The number of hydrogen-bond acceptors (Lipinski definition) is 2. The minimum absolute atomic E-state index is 0. The Morgan fingerprint density at radius 3 is 2.73 bits per heavy atom. The molecule has 0 aromatic heterocycles. The third-order valence-electron chi connectivity index (χ3n) is 3.92. The fourth-order valence-electron chi connectivity index (χ4n) is 2.52. The second kappa shape index (κ2) is 10.3. The van der Waals surface area contributed by atoms with Crippen molar-refractivity contribution in [1.82, 2.24) is 10.6 Å². The van der Waals surface area contributed by atoms with Crippen LogP contribution >= 0.6 is 35.7 Å². The Kier molecular flexibility index (Phi) is 9.10. The summed E-state index contributed by atoms with van der Waals surface area (Å²) in [7, 11) is 1.68. The predicted octanol–water partition coefficient (Wildman–Crippen LogP) is 4.13. The molecule has 2 N–H and O–H groups in total. The highest BCUT2D eigenvalue weighted by atomic mass is 127. The molecule has 0 spiro atoms. The maximum absolute atomic E-state index is 12.7. The summed E-state index contributed by atoms with van der Waals surface area (Å²) >= 11 is 1.96. The van der Waals surface area contributed by atoms with Gasteiger partial charge in [-0.1, -0.05) is 17.9 Å². The van der Waals surface area contributed by atoms with Gasteiger partial charge in [-0.2, -0.15) is 24.9 Å². The number of guanidine groups is 1. The SMILES string of the molecule is CN=C(NCC#Cc1cccc(C(F)(F)F)c1)NCC1(C)CCCS1.I. The summed E-state index contributed by atoms with van der Waals surface area (Å²) in [6, 6.07) is 5.02. The second-order valence-electron chi connectivity index (χ2n) is 6.06. The van der Waals surface area contributed by atoms with E-state index in [1.807, 2.05) is 11.8 Å². The van der Waals surface area contributed by atoms with E-state index in [1.54, 1.807) is 13.1 Å². The van der Waals surface area contributed by atoms with Crippen LogP contribution in [0.5, 0.6) is 0 Å². The quantitative estimate of drug-likeness (QED) is 0.286. The van der Waals surface area contributed by atoms with Crippen LogP contribution in [-0.2, 0) is 6.18 Å². The summed E-state index contributed by atoms with van der Waals surface area (Å²) in [6.07, 6.45) is -1.94. The van der Waals surface area contributed by atoms with E-state index in [2.05, 4.69) is 34.4 Å². The Morgan fingerprint density at radius 2 is 2.12 bits per heavy atom. The lowest BCUT2D eigenvalue weighted by Crippen LogP contribution is -2.43. The molecule has 1 aliphatic heterocycles. The standard InChI is InChI=1S/C18H22F3N3S.HI/c1-17(9-5-11-25-17)13-24-16(22-2)23-10-4-7-14-6-3-8-15(12-14)18(19,20)21;/h3,6,8,12H,5,9-11,13H2,1-2H3,(H2,22,23,24);1H. The molecule has 0 saturated carbocycles. The summed E-state index contributed by atoms with van der Waals surface area (Å²) in [5, 5.41) is 6.34. The van der Waals surface area contributed by atoms with Gasteiger partial charge in [-0.15, -0.1) is 24.0 Å². The molecule has 0 aliphatic carbocycles. The van der Waals surface area contributed by atoms with Gasteiger partial charge in [0, 0.05) is 23.9 Å². The second-order valence-corrected chi connectivity index (χ2v) is 7.74. The number of rotatable bonds is 3. The summed E-state index contributed by atoms with van der Waals surface area (Å²) < 4.78 is 38.2. The topological polar surface area (TPSA) is 36.4 Å². The first-order valence-electron chi connectivity index (χ1n) is 8.07. The molecule has 0 amide bonds. The zero-order valence-corrected chi connectivity index (χ0v) is 17.9. The molecule has 1 unspecified atom stereocenters. The summed E-state index contributed by atoms with van der Waals surface area (Å²) in [5.41, 5.74) is -0.346. The van der Waals surface area contributed by atoms with Gasteiger partial charge in [-0.25, -0.2) is 0 Å². The van der Waals surface area contributed by atoms with Gasteiger partial charge >= 0.3 is 6.18 Å². The van der Waals surface area contributed by atoms with Crippen molar-refractivity contribution in [3.05, 3.63) is 35.4 Å². The zero-order valence-electron chi connectivity index (χ0n) is 14.7. The minimum Gasteiger partial charge on any atom is -0.355 e. The smallest absolute Gasteiger partial charge is 0.355 e. The van der Waals surface area contributed by atoms with E-state index < -0.39 is 11.7 Å². The third kappa shape index (κ3) is 7.27. The Bertz CT molecular complexity index is 674. The highest BCUT2D eigenvalue weighted by Crippen LogP contribution is 2.36. The first kappa shape index (κ1) is 23.0. The molecule has 3 nitrogen and oxygen atoms in total. The number of nitrogens with zero attached hydrogens (tertiary/aromatic N) is 1. The van der Waals surface area contributed by atoms with Crippen LogP contribution in [-0.4, -0.2) is 36.6 Å². The number of halogens is 4. The molecule has 144 valence electrons. The molecule has 1 saturated heterocycles. The van der Waals surface area contributed by atoms with Crippen molar-refractivity contribution >= 4 is 41.7 Å². The Morgan fingerprint density at radius 1 is 1.35 bits per heavy atom. The van der Waals surface area contributed by atoms with Crippen LogP contribution < -0.4 is 10.6 Å². The highest BCUT2D eigenvalue weighted by molar-refractivity contribution is 14.0. The molecule has 2 rings (SSSR count). The molecule has 1 fully saturated rings. The molecular weight excluding hydrogens is 474 g/mol. The van der Waals surface area contributed by atoms with Crippen LogP contribution in [0.25, 0.3) is 0 Å². The van der Waals surface area contributed by atoms with E-state index in [9.17, 15) is 13.2 Å². The van der Waals surface area contributed by atoms with Crippen LogP contribution in [0.2, 0.25) is 0 Å². The van der Waals surface area contributed by atoms with Crippen molar-refractivity contribution in [2.24, 2.45) is 4.99 Å². The first-order valence-corrected chi connectivity index (χ1v) is 9.06. The van der Waals surface area contributed by atoms with Gasteiger partial charge < -0.3 is 10.6 Å². The minimum atomic E-state index is -4.35. The van der Waals surface area contributed by atoms with Crippen LogP contribution in [0.1, 0.15) is 30.9 Å². The molecule has 26 heavy (non-hydrogen) atoms. The molecule has 8 heteroatoms. The lowest BCUT2D eigenvalue weighted by molar-refractivity contribution is -0.137. The molecule has 1 heterocycles. The van der Waals surface area contributed by atoms with Gasteiger partial charge in [0.25, 0.3) is 0 Å². The van der Waals surface area contributed by atoms with Crippen molar-refractivity contribution in [1.29, 1.82) is 0 Å². The lowest BCUT2D eigenvalue weighted by atomic mass is 10.1. The number of benzene rings is 1. The molecule has 1 aromatic carbocycles. The zero-order chi connectivity index (χ0) is 18.3. The summed E-state index contributed by atoms with van der Waals surface area (Å²) in [5.74, 6) is 7.40. The van der Waals surface area contributed by atoms with E-state index in [0.29, 0.717) is 18.1 Å². The van der Waals surface area contributed by atoms with Crippen molar-refractivity contribution in [3.63, 3.8) is 0 Å². The molecular formula is C18H23F3IN3S. The van der Waals surface area contributed by atoms with Gasteiger partial charge in [0.1, 0.15) is 0 Å². The monoisotopic (exact) mass is 497 g/mol. The van der Waals surface area contributed by atoms with Crippen LogP contribution in [0.4, 0.5) is 13.2 Å². The van der Waals surface area contributed by atoms with Gasteiger partial charge in [0.2, 0.25) is 0 Å². The van der Waals surface area contributed by atoms with E-state index in [1.165, 1.54) is 24.7 Å². The maximum Gasteiger partial charge on any atom is 0.416 e. The molecule has 1 aliphatic rings. The van der Waals surface area contributed by atoms with E-state index in [-0.39, 0.29) is 28.7 Å². The average molecular weight is 497 g/mol. The fourth-order valence-corrected chi connectivity index (χ4v) is 3.76. The largest absolute Gasteiger partial charge is 0.416 e. The van der Waals surface area contributed by atoms with Crippen LogP contribution in [0, 0.1) is 11.8 Å². The normalized spacial score (nSPS) is 20.0. The summed E-state index contributed by atoms with van der Waals surface area (Å²) in [4.78, 5) is 4.14. The Balaban J connectivity index is 0.00000338. The van der Waals surface area contributed by atoms with Crippen LogP contribution in [0.15, 0.2) is 29.3 Å². The molecule has 0 radical (unpaired) electrons. The van der Waals surface area contributed by atoms with E-state index in [4.69, 9.17) is 0 Å². The van der Waals surface area contributed by atoms with Crippen molar-refractivity contribution in [2.75, 3.05) is 25.9 Å². The maximum atomic E-state index is 12.7.